The fourth-order valence-corrected chi connectivity index (χ4v) is 5.48. The van der Waals surface area contributed by atoms with Crippen LogP contribution >= 0.6 is 0 Å². The second-order valence-corrected chi connectivity index (χ2v) is 9.60. The molecule has 0 aliphatic carbocycles. The van der Waals surface area contributed by atoms with Crippen molar-refractivity contribution in [2.24, 2.45) is 5.41 Å². The average Bonchev–Trinajstić information content (AvgIpc) is 3.34. The minimum Gasteiger partial charge on any atom is -0.481 e. The lowest BCUT2D eigenvalue weighted by Gasteiger charge is -2.47. The average molecular weight is 513 g/mol. The second-order valence-electron chi connectivity index (χ2n) is 9.60. The van der Waals surface area contributed by atoms with Crippen molar-refractivity contribution >= 4 is 11.9 Å². The summed E-state index contributed by atoms with van der Waals surface area (Å²) >= 11 is 0. The molecule has 198 valence electrons. The first-order valence-electron chi connectivity index (χ1n) is 12.4. The Morgan fingerprint density at radius 2 is 1.95 bits per heavy atom. The van der Waals surface area contributed by atoms with Crippen molar-refractivity contribution in [1.82, 2.24) is 10.2 Å². The standard InChI is InChI=1S/C28H33FN2O6/c1-5-35-26(32)23-17(2)30-18(3)28(27(33)34,13-14-31(4)15-19-9-11-20(29)12-10-19)24(23)21-7-6-8-22-25(21)37-16-36-22/h6-12,18,24,30H,5,13-16H2,1-4H3,(H,33,34). The van der Waals surface area contributed by atoms with E-state index in [2.05, 4.69) is 5.32 Å². The van der Waals surface area contributed by atoms with Gasteiger partial charge in [0.1, 0.15) is 11.2 Å². The maximum absolute atomic E-state index is 13.3. The molecule has 0 saturated heterocycles. The van der Waals surface area contributed by atoms with Gasteiger partial charge in [0.05, 0.1) is 12.2 Å². The molecule has 2 aromatic rings. The zero-order valence-corrected chi connectivity index (χ0v) is 21.5. The van der Waals surface area contributed by atoms with Gasteiger partial charge in [0.25, 0.3) is 0 Å². The Kier molecular flexibility index (Phi) is 7.73. The van der Waals surface area contributed by atoms with E-state index in [1.807, 2.05) is 18.9 Å². The number of para-hydroxylation sites is 1. The monoisotopic (exact) mass is 512 g/mol. The third-order valence-electron chi connectivity index (χ3n) is 7.32. The van der Waals surface area contributed by atoms with Crippen molar-refractivity contribution in [3.8, 4) is 11.5 Å². The Labute approximate surface area is 216 Å². The van der Waals surface area contributed by atoms with Crippen molar-refractivity contribution in [3.63, 3.8) is 0 Å². The van der Waals surface area contributed by atoms with Crippen molar-refractivity contribution in [3.05, 3.63) is 70.7 Å². The van der Waals surface area contributed by atoms with Gasteiger partial charge >= 0.3 is 11.9 Å². The summed E-state index contributed by atoms with van der Waals surface area (Å²) in [5, 5.41) is 14.1. The molecule has 0 saturated carbocycles. The van der Waals surface area contributed by atoms with Gasteiger partial charge in [-0.1, -0.05) is 24.3 Å². The zero-order chi connectivity index (χ0) is 26.7. The van der Waals surface area contributed by atoms with Gasteiger partial charge in [-0.05, 0) is 64.5 Å². The van der Waals surface area contributed by atoms with Crippen molar-refractivity contribution in [1.29, 1.82) is 0 Å². The van der Waals surface area contributed by atoms with E-state index in [4.69, 9.17) is 14.2 Å². The van der Waals surface area contributed by atoms with Crippen LogP contribution in [0.1, 0.15) is 44.2 Å². The van der Waals surface area contributed by atoms with Crippen LogP contribution in [0.25, 0.3) is 0 Å². The molecular formula is C28H33FN2O6. The predicted molar refractivity (Wildman–Crippen MR) is 135 cm³/mol. The van der Waals surface area contributed by atoms with Gasteiger partial charge in [-0.2, -0.15) is 0 Å². The maximum atomic E-state index is 13.3. The number of benzene rings is 2. The Morgan fingerprint density at radius 3 is 2.62 bits per heavy atom. The highest BCUT2D eigenvalue weighted by Gasteiger charge is 2.57. The molecule has 2 aliphatic rings. The Bertz CT molecular complexity index is 1200. The second kappa shape index (κ2) is 10.8. The topological polar surface area (TPSA) is 97.3 Å². The van der Waals surface area contributed by atoms with Crippen LogP contribution in [0.3, 0.4) is 0 Å². The third kappa shape index (κ3) is 5.00. The molecule has 0 amide bonds. The van der Waals surface area contributed by atoms with Crippen LogP contribution in [-0.4, -0.2) is 55.0 Å². The lowest BCUT2D eigenvalue weighted by atomic mass is 9.60. The number of carboxylic acid groups (broad SMARTS) is 1. The van der Waals surface area contributed by atoms with Gasteiger partial charge in [-0.25, -0.2) is 9.18 Å². The van der Waals surface area contributed by atoms with Crippen molar-refractivity contribution in [2.45, 2.75) is 45.7 Å². The van der Waals surface area contributed by atoms with Crippen molar-refractivity contribution in [2.75, 3.05) is 27.0 Å². The molecule has 3 atom stereocenters. The van der Waals surface area contributed by atoms with Gasteiger partial charge in [0.2, 0.25) is 6.79 Å². The number of allylic oxidation sites excluding steroid dienone is 1. The highest BCUT2D eigenvalue weighted by molar-refractivity contribution is 5.94. The first-order valence-corrected chi connectivity index (χ1v) is 12.4. The van der Waals surface area contributed by atoms with Crippen LogP contribution in [0.5, 0.6) is 11.5 Å². The number of carboxylic acids is 1. The summed E-state index contributed by atoms with van der Waals surface area (Å²) in [7, 11) is 1.89. The van der Waals surface area contributed by atoms with Crippen LogP contribution in [0.4, 0.5) is 4.39 Å². The largest absolute Gasteiger partial charge is 0.481 e. The van der Waals surface area contributed by atoms with E-state index in [0.717, 1.165) is 5.56 Å². The van der Waals surface area contributed by atoms with Crippen LogP contribution in [0.15, 0.2) is 53.7 Å². The lowest BCUT2D eigenvalue weighted by molar-refractivity contribution is -0.154. The molecule has 0 bridgehead atoms. The molecule has 3 unspecified atom stereocenters. The van der Waals surface area contributed by atoms with E-state index in [-0.39, 0.29) is 31.2 Å². The van der Waals surface area contributed by atoms with Crippen LogP contribution < -0.4 is 14.8 Å². The van der Waals surface area contributed by atoms with Gasteiger partial charge in [-0.15, -0.1) is 0 Å². The molecule has 2 N–H and O–H groups in total. The summed E-state index contributed by atoms with van der Waals surface area (Å²) in [4.78, 5) is 28.5. The maximum Gasteiger partial charge on any atom is 0.336 e. The molecule has 0 aromatic heterocycles. The number of hydrogen-bond acceptors (Lipinski definition) is 7. The summed E-state index contributed by atoms with van der Waals surface area (Å²) in [6, 6.07) is 11.0. The van der Waals surface area contributed by atoms with Gasteiger partial charge in [0, 0.05) is 29.8 Å². The van der Waals surface area contributed by atoms with Gasteiger partial charge in [0.15, 0.2) is 11.5 Å². The molecular weight excluding hydrogens is 479 g/mol. The molecule has 9 heteroatoms. The number of halogens is 1. The number of hydrogen-bond donors (Lipinski definition) is 2. The number of carbonyl (C=O) groups is 2. The fraction of sp³-hybridized carbons (Fsp3) is 0.429. The number of rotatable bonds is 9. The van der Waals surface area contributed by atoms with E-state index < -0.39 is 29.3 Å². The number of esters is 1. The van der Waals surface area contributed by atoms with Crippen molar-refractivity contribution < 1.29 is 33.3 Å². The van der Waals surface area contributed by atoms with Crippen LogP contribution in [0.2, 0.25) is 0 Å². The number of fused-ring (bicyclic) bond motifs is 1. The van der Waals surface area contributed by atoms with E-state index in [1.54, 1.807) is 44.2 Å². The molecule has 0 fully saturated rings. The Hall–Kier alpha value is -3.59. The predicted octanol–water partition coefficient (Wildman–Crippen LogP) is 4.06. The fourth-order valence-electron chi connectivity index (χ4n) is 5.48. The molecule has 2 heterocycles. The molecule has 2 aliphatic heterocycles. The molecule has 0 radical (unpaired) electrons. The smallest absolute Gasteiger partial charge is 0.336 e. The van der Waals surface area contributed by atoms with Crippen LogP contribution in [-0.2, 0) is 20.9 Å². The molecule has 8 nitrogen and oxygen atoms in total. The number of aliphatic carboxylic acids is 1. The quantitative estimate of drug-likeness (QED) is 0.486. The van der Waals surface area contributed by atoms with Gasteiger partial charge < -0.3 is 29.5 Å². The summed E-state index contributed by atoms with van der Waals surface area (Å²) in [6.45, 7) is 6.41. The number of nitrogens with zero attached hydrogens (tertiary/aromatic N) is 1. The minimum atomic E-state index is -1.42. The summed E-state index contributed by atoms with van der Waals surface area (Å²) in [5.74, 6) is -1.80. The molecule has 0 spiro atoms. The third-order valence-corrected chi connectivity index (χ3v) is 7.32. The van der Waals surface area contributed by atoms with E-state index >= 15 is 0 Å². The Balaban J connectivity index is 1.77. The normalized spacial score (nSPS) is 22.6. The van der Waals surface area contributed by atoms with E-state index in [9.17, 15) is 19.1 Å². The number of carbonyl (C=O) groups excluding carboxylic acids is 1. The zero-order valence-electron chi connectivity index (χ0n) is 21.5. The van der Waals surface area contributed by atoms with E-state index in [1.165, 1.54) is 12.1 Å². The molecule has 37 heavy (non-hydrogen) atoms. The summed E-state index contributed by atoms with van der Waals surface area (Å²) in [6.07, 6.45) is 0.222. The van der Waals surface area contributed by atoms with Crippen LogP contribution in [0, 0.1) is 11.2 Å². The lowest BCUT2D eigenvalue weighted by Crippen LogP contribution is -2.57. The SMILES string of the molecule is CCOC(=O)C1=C(C)NC(C)C(CCN(C)Cc2ccc(F)cc2)(C(=O)O)C1c1cccc2c1OCO2. The first kappa shape index (κ1) is 26.5. The highest BCUT2D eigenvalue weighted by Crippen LogP contribution is 2.54. The Morgan fingerprint density at radius 1 is 1.22 bits per heavy atom. The number of ether oxygens (including phenoxy) is 3. The van der Waals surface area contributed by atoms with E-state index in [0.29, 0.717) is 35.8 Å². The molecule has 4 rings (SSSR count). The summed E-state index contributed by atoms with van der Waals surface area (Å²) < 4.78 is 30.1. The minimum absolute atomic E-state index is 0.0186. The van der Waals surface area contributed by atoms with Gasteiger partial charge in [-0.3, -0.25) is 4.79 Å². The number of nitrogens with one attached hydrogen (secondary N) is 1. The molecule has 2 aromatic carbocycles. The summed E-state index contributed by atoms with van der Waals surface area (Å²) in [5.41, 5.74) is 0.916. The highest BCUT2D eigenvalue weighted by atomic mass is 19.1. The first-order chi connectivity index (χ1) is 17.7.